The average Bonchev–Trinajstić information content (AvgIpc) is 3.07. The Kier molecular flexibility index (Phi) is 5.53. The molecule has 2 aromatic carbocycles. The van der Waals surface area contributed by atoms with E-state index in [1.807, 2.05) is 43.3 Å². The largest absolute Gasteiger partial charge is 0.493 e. The summed E-state index contributed by atoms with van der Waals surface area (Å²) < 4.78 is 11.3. The number of nitrogens with zero attached hydrogens (tertiary/aromatic N) is 1. The lowest BCUT2D eigenvalue weighted by Crippen LogP contribution is -2.00. The van der Waals surface area contributed by atoms with Crippen LogP contribution in [0.15, 0.2) is 47.8 Å². The van der Waals surface area contributed by atoms with Crippen LogP contribution in [0.3, 0.4) is 0 Å². The Hall–Kier alpha value is -2.86. The number of carboxylic acid groups (broad SMARTS) is 1. The molecule has 0 aliphatic rings. The lowest BCUT2D eigenvalue weighted by Gasteiger charge is -2.12. The molecule has 0 saturated heterocycles. The van der Waals surface area contributed by atoms with Crippen LogP contribution >= 0.6 is 11.3 Å². The van der Waals surface area contributed by atoms with Crippen molar-refractivity contribution in [3.05, 3.63) is 64.7 Å². The van der Waals surface area contributed by atoms with Crippen molar-refractivity contribution in [2.24, 2.45) is 0 Å². The predicted molar refractivity (Wildman–Crippen MR) is 101 cm³/mol. The van der Waals surface area contributed by atoms with Gasteiger partial charge in [-0.2, -0.15) is 0 Å². The SMILES string of the molecule is COc1cc(-c2nc(CC(=O)O)cs2)ccc1OCc1cccc(C)c1. The predicted octanol–water partition coefficient (Wildman–Crippen LogP) is 4.33. The van der Waals surface area contributed by atoms with Crippen molar-refractivity contribution >= 4 is 17.3 Å². The summed E-state index contributed by atoms with van der Waals surface area (Å²) in [5.74, 6) is 0.379. The number of ether oxygens (including phenoxy) is 2. The Bertz CT molecular complexity index is 920. The molecule has 3 aromatic rings. The molecule has 5 nitrogen and oxygen atoms in total. The highest BCUT2D eigenvalue weighted by Crippen LogP contribution is 2.34. The number of aromatic nitrogens is 1. The maximum atomic E-state index is 10.8. The minimum absolute atomic E-state index is 0.0781. The van der Waals surface area contributed by atoms with E-state index in [1.165, 1.54) is 16.9 Å². The molecule has 0 amide bonds. The van der Waals surface area contributed by atoms with Gasteiger partial charge in [-0.25, -0.2) is 4.98 Å². The highest BCUT2D eigenvalue weighted by Gasteiger charge is 2.12. The number of methoxy groups -OCH3 is 1. The third kappa shape index (κ3) is 4.40. The summed E-state index contributed by atoms with van der Waals surface area (Å²) >= 11 is 1.41. The van der Waals surface area contributed by atoms with Crippen LogP contribution in [0.5, 0.6) is 11.5 Å². The number of hydrogen-bond acceptors (Lipinski definition) is 5. The molecule has 0 radical (unpaired) electrons. The van der Waals surface area contributed by atoms with Crippen LogP contribution in [0, 0.1) is 6.92 Å². The van der Waals surface area contributed by atoms with E-state index < -0.39 is 5.97 Å². The van der Waals surface area contributed by atoms with Crippen molar-refractivity contribution in [2.75, 3.05) is 7.11 Å². The summed E-state index contributed by atoms with van der Waals surface area (Å²) in [6.07, 6.45) is -0.0781. The van der Waals surface area contributed by atoms with Gasteiger partial charge < -0.3 is 14.6 Å². The van der Waals surface area contributed by atoms with Crippen molar-refractivity contribution in [3.8, 4) is 22.1 Å². The Balaban J connectivity index is 1.77. The molecule has 0 bridgehead atoms. The number of carboxylic acids is 1. The smallest absolute Gasteiger partial charge is 0.309 e. The van der Waals surface area contributed by atoms with E-state index in [0.717, 1.165) is 16.1 Å². The monoisotopic (exact) mass is 369 g/mol. The summed E-state index contributed by atoms with van der Waals surface area (Å²) in [4.78, 5) is 15.2. The van der Waals surface area contributed by atoms with Gasteiger partial charge in [0.15, 0.2) is 11.5 Å². The van der Waals surface area contributed by atoms with E-state index in [0.29, 0.717) is 23.8 Å². The summed E-state index contributed by atoms with van der Waals surface area (Å²) in [5, 5.41) is 11.4. The quantitative estimate of drug-likeness (QED) is 0.671. The Morgan fingerprint density at radius 2 is 2.04 bits per heavy atom. The zero-order valence-electron chi connectivity index (χ0n) is 14.6. The van der Waals surface area contributed by atoms with Crippen LogP contribution in [-0.2, 0) is 17.8 Å². The second-order valence-electron chi connectivity index (χ2n) is 5.86. The van der Waals surface area contributed by atoms with Gasteiger partial charge in [0, 0.05) is 10.9 Å². The van der Waals surface area contributed by atoms with Gasteiger partial charge >= 0.3 is 5.97 Å². The molecule has 0 fully saturated rings. The standard InChI is InChI=1S/C20H19NO4S/c1-13-4-3-5-14(8-13)11-25-17-7-6-15(9-18(17)24-2)20-21-16(12-26-20)10-19(22)23/h3-9,12H,10-11H2,1-2H3,(H,22,23). The molecule has 0 atom stereocenters. The first-order chi connectivity index (χ1) is 12.5. The molecule has 1 heterocycles. The summed E-state index contributed by atoms with van der Waals surface area (Å²) in [7, 11) is 1.59. The third-order valence-corrected chi connectivity index (χ3v) is 4.71. The number of benzene rings is 2. The first-order valence-electron chi connectivity index (χ1n) is 8.08. The minimum Gasteiger partial charge on any atom is -0.493 e. The van der Waals surface area contributed by atoms with Gasteiger partial charge in [-0.05, 0) is 30.7 Å². The molecule has 6 heteroatoms. The van der Waals surface area contributed by atoms with E-state index in [9.17, 15) is 4.79 Å². The van der Waals surface area contributed by atoms with Gasteiger partial charge in [-0.3, -0.25) is 4.79 Å². The van der Waals surface area contributed by atoms with Crippen LogP contribution in [0.2, 0.25) is 0 Å². The molecule has 0 aliphatic carbocycles. The second-order valence-corrected chi connectivity index (χ2v) is 6.72. The van der Waals surface area contributed by atoms with Crippen LogP contribution in [0.25, 0.3) is 10.6 Å². The maximum absolute atomic E-state index is 10.8. The number of aryl methyl sites for hydroxylation is 1. The zero-order chi connectivity index (χ0) is 18.5. The molecule has 0 spiro atoms. The van der Waals surface area contributed by atoms with Crippen LogP contribution < -0.4 is 9.47 Å². The molecule has 3 rings (SSSR count). The lowest BCUT2D eigenvalue weighted by molar-refractivity contribution is -0.136. The van der Waals surface area contributed by atoms with E-state index in [-0.39, 0.29) is 6.42 Å². The fourth-order valence-corrected chi connectivity index (χ4v) is 3.38. The van der Waals surface area contributed by atoms with Crippen LogP contribution in [0.4, 0.5) is 0 Å². The van der Waals surface area contributed by atoms with Crippen LogP contribution in [-0.4, -0.2) is 23.2 Å². The Morgan fingerprint density at radius 3 is 2.77 bits per heavy atom. The van der Waals surface area contributed by atoms with Crippen molar-refractivity contribution in [3.63, 3.8) is 0 Å². The van der Waals surface area contributed by atoms with Gasteiger partial charge in [0.25, 0.3) is 0 Å². The number of aliphatic carboxylic acids is 1. The molecule has 0 unspecified atom stereocenters. The maximum Gasteiger partial charge on any atom is 0.309 e. The number of rotatable bonds is 7. The zero-order valence-corrected chi connectivity index (χ0v) is 15.4. The molecule has 0 saturated carbocycles. The third-order valence-electron chi connectivity index (χ3n) is 3.77. The number of hydrogen-bond donors (Lipinski definition) is 1. The van der Waals surface area contributed by atoms with Gasteiger partial charge in [-0.15, -0.1) is 11.3 Å². The number of carbonyl (C=O) groups is 1. The van der Waals surface area contributed by atoms with E-state index >= 15 is 0 Å². The molecule has 1 aromatic heterocycles. The van der Waals surface area contributed by atoms with E-state index in [4.69, 9.17) is 14.6 Å². The first-order valence-corrected chi connectivity index (χ1v) is 8.96. The van der Waals surface area contributed by atoms with Gasteiger partial charge in [0.2, 0.25) is 0 Å². The van der Waals surface area contributed by atoms with Crippen molar-refractivity contribution < 1.29 is 19.4 Å². The highest BCUT2D eigenvalue weighted by molar-refractivity contribution is 7.13. The number of thiazole rings is 1. The summed E-state index contributed by atoms with van der Waals surface area (Å²) in [5.41, 5.74) is 3.70. The fraction of sp³-hybridized carbons (Fsp3) is 0.200. The Morgan fingerprint density at radius 1 is 1.19 bits per heavy atom. The molecule has 1 N–H and O–H groups in total. The van der Waals surface area contributed by atoms with E-state index in [2.05, 4.69) is 11.1 Å². The Labute approximate surface area is 155 Å². The van der Waals surface area contributed by atoms with Crippen molar-refractivity contribution in [1.29, 1.82) is 0 Å². The van der Waals surface area contributed by atoms with Crippen LogP contribution in [0.1, 0.15) is 16.8 Å². The van der Waals surface area contributed by atoms with Crippen molar-refractivity contribution in [2.45, 2.75) is 20.0 Å². The minimum atomic E-state index is -0.890. The first kappa shape index (κ1) is 17.9. The molecule has 0 aliphatic heterocycles. The molecular weight excluding hydrogens is 350 g/mol. The lowest BCUT2D eigenvalue weighted by atomic mass is 10.1. The normalized spacial score (nSPS) is 10.5. The topological polar surface area (TPSA) is 68.7 Å². The van der Waals surface area contributed by atoms with Gasteiger partial charge in [-0.1, -0.05) is 29.8 Å². The molecular formula is C20H19NO4S. The average molecular weight is 369 g/mol. The molecule has 134 valence electrons. The van der Waals surface area contributed by atoms with E-state index in [1.54, 1.807) is 12.5 Å². The summed E-state index contributed by atoms with van der Waals surface area (Å²) in [6.45, 7) is 2.50. The highest BCUT2D eigenvalue weighted by atomic mass is 32.1. The fourth-order valence-electron chi connectivity index (χ4n) is 2.56. The van der Waals surface area contributed by atoms with Gasteiger partial charge in [0.05, 0.1) is 19.2 Å². The van der Waals surface area contributed by atoms with Crippen molar-refractivity contribution in [1.82, 2.24) is 4.98 Å². The summed E-state index contributed by atoms with van der Waals surface area (Å²) in [6, 6.07) is 13.8. The molecule has 26 heavy (non-hydrogen) atoms. The second kappa shape index (κ2) is 8.01. The van der Waals surface area contributed by atoms with Gasteiger partial charge in [0.1, 0.15) is 11.6 Å².